The van der Waals surface area contributed by atoms with Gasteiger partial charge in [-0.1, -0.05) is 11.3 Å². The summed E-state index contributed by atoms with van der Waals surface area (Å²) in [5, 5.41) is 3.74. The van der Waals surface area contributed by atoms with Gasteiger partial charge in [0.1, 0.15) is 5.75 Å². The molecule has 0 radical (unpaired) electrons. The molecule has 0 spiro atoms. The van der Waals surface area contributed by atoms with Crippen molar-refractivity contribution in [2.75, 3.05) is 32.1 Å². The molecule has 1 saturated heterocycles. The summed E-state index contributed by atoms with van der Waals surface area (Å²) in [5.41, 5.74) is 0.984. The van der Waals surface area contributed by atoms with Crippen molar-refractivity contribution < 1.29 is 9.53 Å². The SMILES string of the molecule is CNC(=O)[C@@H]1CCCN(c2nc3ccc(OC)cc3s2)C1. The molecule has 21 heavy (non-hydrogen) atoms. The van der Waals surface area contributed by atoms with E-state index in [1.807, 2.05) is 18.2 Å². The van der Waals surface area contributed by atoms with Crippen LogP contribution < -0.4 is 15.0 Å². The number of carbonyl (C=O) groups is 1. The molecular weight excluding hydrogens is 286 g/mol. The first-order valence-corrected chi connectivity index (χ1v) is 7.94. The number of hydrogen-bond donors (Lipinski definition) is 1. The van der Waals surface area contributed by atoms with Gasteiger partial charge < -0.3 is 15.0 Å². The van der Waals surface area contributed by atoms with E-state index in [9.17, 15) is 4.79 Å². The predicted molar refractivity (Wildman–Crippen MR) is 85.2 cm³/mol. The van der Waals surface area contributed by atoms with Crippen LogP contribution in [0, 0.1) is 5.92 Å². The number of anilines is 1. The Labute approximate surface area is 127 Å². The zero-order valence-electron chi connectivity index (χ0n) is 12.3. The van der Waals surface area contributed by atoms with Crippen molar-refractivity contribution in [3.8, 4) is 5.75 Å². The van der Waals surface area contributed by atoms with Crippen molar-refractivity contribution in [3.63, 3.8) is 0 Å². The lowest BCUT2D eigenvalue weighted by atomic mass is 9.98. The number of nitrogens with zero attached hydrogens (tertiary/aromatic N) is 2. The van der Waals surface area contributed by atoms with Crippen LogP contribution in [0.25, 0.3) is 10.2 Å². The van der Waals surface area contributed by atoms with Crippen LogP contribution >= 0.6 is 11.3 Å². The summed E-state index contributed by atoms with van der Waals surface area (Å²) in [5.74, 6) is 1.03. The lowest BCUT2D eigenvalue weighted by Gasteiger charge is -2.31. The average Bonchev–Trinajstić information content (AvgIpc) is 2.97. The number of piperidine rings is 1. The molecule has 5 nitrogen and oxygen atoms in total. The average molecular weight is 305 g/mol. The van der Waals surface area contributed by atoms with Crippen LogP contribution in [0.4, 0.5) is 5.13 Å². The fraction of sp³-hybridized carbons (Fsp3) is 0.467. The minimum atomic E-state index is 0.0605. The second-order valence-corrected chi connectivity index (χ2v) is 6.24. The molecular formula is C15H19N3O2S. The molecule has 1 aromatic carbocycles. The van der Waals surface area contributed by atoms with Crippen molar-refractivity contribution in [2.24, 2.45) is 5.92 Å². The van der Waals surface area contributed by atoms with Crippen LogP contribution in [0.5, 0.6) is 5.75 Å². The van der Waals surface area contributed by atoms with Crippen LogP contribution in [0.1, 0.15) is 12.8 Å². The molecule has 1 aliphatic heterocycles. The van der Waals surface area contributed by atoms with Crippen LogP contribution in [-0.4, -0.2) is 38.1 Å². The van der Waals surface area contributed by atoms with Gasteiger partial charge in [-0.25, -0.2) is 4.98 Å². The molecule has 3 rings (SSSR count). The Bertz CT molecular complexity index is 655. The van der Waals surface area contributed by atoms with Gasteiger partial charge in [-0.2, -0.15) is 0 Å². The van der Waals surface area contributed by atoms with E-state index in [0.717, 1.165) is 47.0 Å². The normalized spacial score (nSPS) is 18.8. The topological polar surface area (TPSA) is 54.5 Å². The fourth-order valence-corrected chi connectivity index (χ4v) is 3.75. The Hall–Kier alpha value is -1.82. The molecule has 1 atom stereocenters. The molecule has 2 heterocycles. The van der Waals surface area contributed by atoms with E-state index in [0.29, 0.717) is 0 Å². The van der Waals surface area contributed by atoms with E-state index < -0.39 is 0 Å². The molecule has 1 amide bonds. The first-order chi connectivity index (χ1) is 10.2. The largest absolute Gasteiger partial charge is 0.497 e. The Balaban J connectivity index is 1.84. The lowest BCUT2D eigenvalue weighted by molar-refractivity contribution is -0.124. The Morgan fingerprint density at radius 2 is 2.38 bits per heavy atom. The first-order valence-electron chi connectivity index (χ1n) is 7.12. The number of aromatic nitrogens is 1. The maximum Gasteiger partial charge on any atom is 0.224 e. The van der Waals surface area contributed by atoms with Crippen LogP contribution in [0.15, 0.2) is 18.2 Å². The highest BCUT2D eigenvalue weighted by molar-refractivity contribution is 7.22. The quantitative estimate of drug-likeness (QED) is 0.945. The standard InChI is InChI=1S/C15H19N3O2S/c1-16-14(19)10-4-3-7-18(9-10)15-17-12-6-5-11(20-2)8-13(12)21-15/h5-6,8,10H,3-4,7,9H2,1-2H3,(H,16,19)/t10-/m1/s1. The monoisotopic (exact) mass is 305 g/mol. The third-order valence-corrected chi connectivity index (χ3v) is 4.97. The number of ether oxygens (including phenoxy) is 1. The molecule has 0 bridgehead atoms. The number of hydrogen-bond acceptors (Lipinski definition) is 5. The smallest absolute Gasteiger partial charge is 0.224 e. The van der Waals surface area contributed by atoms with Crippen molar-refractivity contribution in [3.05, 3.63) is 18.2 Å². The number of methoxy groups -OCH3 is 1. The predicted octanol–water partition coefficient (Wildman–Crippen LogP) is 2.27. The Kier molecular flexibility index (Phi) is 3.96. The summed E-state index contributed by atoms with van der Waals surface area (Å²) in [4.78, 5) is 18.7. The van der Waals surface area contributed by atoms with Gasteiger partial charge in [-0.3, -0.25) is 4.79 Å². The second kappa shape index (κ2) is 5.89. The van der Waals surface area contributed by atoms with Crippen LogP contribution in [0.3, 0.4) is 0 Å². The molecule has 1 N–H and O–H groups in total. The summed E-state index contributed by atoms with van der Waals surface area (Å²) in [6.45, 7) is 1.71. The Morgan fingerprint density at radius 3 is 3.14 bits per heavy atom. The highest BCUT2D eigenvalue weighted by atomic mass is 32.1. The van der Waals surface area contributed by atoms with Gasteiger partial charge in [0.05, 0.1) is 23.2 Å². The van der Waals surface area contributed by atoms with E-state index in [4.69, 9.17) is 4.74 Å². The van der Waals surface area contributed by atoms with Crippen molar-refractivity contribution in [1.82, 2.24) is 10.3 Å². The van der Waals surface area contributed by atoms with Gasteiger partial charge in [0.25, 0.3) is 0 Å². The molecule has 1 aromatic heterocycles. The van der Waals surface area contributed by atoms with E-state index in [2.05, 4.69) is 15.2 Å². The molecule has 0 unspecified atom stereocenters. The summed E-state index contributed by atoms with van der Waals surface area (Å²) in [7, 11) is 3.37. The lowest BCUT2D eigenvalue weighted by Crippen LogP contribution is -2.42. The summed E-state index contributed by atoms with van der Waals surface area (Å²) >= 11 is 1.66. The van der Waals surface area contributed by atoms with Gasteiger partial charge in [0.15, 0.2) is 5.13 Å². The number of carbonyl (C=O) groups excluding carboxylic acids is 1. The van der Waals surface area contributed by atoms with Crippen molar-refractivity contribution in [2.45, 2.75) is 12.8 Å². The molecule has 0 saturated carbocycles. The van der Waals surface area contributed by atoms with Crippen LogP contribution in [-0.2, 0) is 4.79 Å². The van der Waals surface area contributed by atoms with E-state index in [1.54, 1.807) is 25.5 Å². The summed E-state index contributed by atoms with van der Waals surface area (Å²) < 4.78 is 6.37. The zero-order valence-corrected chi connectivity index (χ0v) is 13.1. The molecule has 2 aromatic rings. The molecule has 112 valence electrons. The molecule has 1 fully saturated rings. The first kappa shape index (κ1) is 14.1. The highest BCUT2D eigenvalue weighted by Crippen LogP contribution is 2.33. The summed E-state index contributed by atoms with van der Waals surface area (Å²) in [6.07, 6.45) is 1.98. The molecule has 0 aliphatic carbocycles. The van der Waals surface area contributed by atoms with Gasteiger partial charge >= 0.3 is 0 Å². The number of nitrogens with one attached hydrogen (secondary N) is 1. The highest BCUT2D eigenvalue weighted by Gasteiger charge is 2.26. The van der Waals surface area contributed by atoms with Crippen LogP contribution in [0.2, 0.25) is 0 Å². The van der Waals surface area contributed by atoms with Gasteiger partial charge in [-0.05, 0) is 31.0 Å². The number of fused-ring (bicyclic) bond motifs is 1. The third kappa shape index (κ3) is 2.81. The summed E-state index contributed by atoms with van der Waals surface area (Å²) in [6, 6.07) is 5.92. The van der Waals surface area contributed by atoms with E-state index in [-0.39, 0.29) is 11.8 Å². The maximum absolute atomic E-state index is 11.8. The number of thiazole rings is 1. The fourth-order valence-electron chi connectivity index (χ4n) is 2.72. The van der Waals surface area contributed by atoms with Crippen molar-refractivity contribution in [1.29, 1.82) is 0 Å². The van der Waals surface area contributed by atoms with Crippen molar-refractivity contribution >= 4 is 32.6 Å². The van der Waals surface area contributed by atoms with Gasteiger partial charge in [-0.15, -0.1) is 0 Å². The molecule has 6 heteroatoms. The minimum Gasteiger partial charge on any atom is -0.497 e. The number of benzene rings is 1. The maximum atomic E-state index is 11.8. The zero-order chi connectivity index (χ0) is 14.8. The van der Waals surface area contributed by atoms with Gasteiger partial charge in [0.2, 0.25) is 5.91 Å². The Morgan fingerprint density at radius 1 is 1.52 bits per heavy atom. The van der Waals surface area contributed by atoms with E-state index in [1.165, 1.54) is 0 Å². The van der Waals surface area contributed by atoms with Gasteiger partial charge in [0, 0.05) is 20.1 Å². The van der Waals surface area contributed by atoms with E-state index >= 15 is 0 Å². The minimum absolute atomic E-state index is 0.0605. The second-order valence-electron chi connectivity index (χ2n) is 5.23. The number of amides is 1. The number of rotatable bonds is 3. The molecule has 1 aliphatic rings. The third-order valence-electron chi connectivity index (χ3n) is 3.89.